The number of aliphatic hydroxyl groups excluding tert-OH is 1. The minimum atomic E-state index is -0.718. The van der Waals surface area contributed by atoms with Crippen molar-refractivity contribution in [3.8, 4) is 5.75 Å². The Morgan fingerprint density at radius 3 is 2.43 bits per heavy atom. The SMILES string of the molecule is CCCOc1cccc(C(O)=C2C(=O)C(=O)N(Cc3ccncc3)C2c2ccc(C(C)C)cc2)c1. The number of hydrogen-bond acceptors (Lipinski definition) is 5. The average Bonchev–Trinajstić information content (AvgIpc) is 3.12. The number of Topliss-reactive ketones (excluding diaryl/α,β-unsaturated/α-hetero) is 1. The number of aromatic nitrogens is 1. The van der Waals surface area contributed by atoms with Crippen LogP contribution in [0.1, 0.15) is 61.4 Å². The van der Waals surface area contributed by atoms with Crippen LogP contribution in [0.2, 0.25) is 0 Å². The van der Waals surface area contributed by atoms with Gasteiger partial charge in [0.05, 0.1) is 18.2 Å². The quantitative estimate of drug-likeness (QED) is 0.263. The van der Waals surface area contributed by atoms with Crippen molar-refractivity contribution in [2.75, 3.05) is 6.61 Å². The first-order valence-corrected chi connectivity index (χ1v) is 11.9. The third-order valence-electron chi connectivity index (χ3n) is 6.14. The number of benzene rings is 2. The van der Waals surface area contributed by atoms with Gasteiger partial charge in [-0.2, -0.15) is 0 Å². The van der Waals surface area contributed by atoms with Gasteiger partial charge in [0, 0.05) is 24.5 Å². The zero-order valence-electron chi connectivity index (χ0n) is 20.3. The van der Waals surface area contributed by atoms with Gasteiger partial charge in [0.25, 0.3) is 11.7 Å². The normalized spacial score (nSPS) is 17.3. The van der Waals surface area contributed by atoms with E-state index in [0.29, 0.717) is 23.8 Å². The molecule has 6 heteroatoms. The van der Waals surface area contributed by atoms with Crippen LogP contribution in [0.25, 0.3) is 5.76 Å². The Kier molecular flexibility index (Phi) is 7.30. The molecule has 3 aromatic rings. The predicted octanol–water partition coefficient (Wildman–Crippen LogP) is 5.62. The molecule has 1 saturated heterocycles. The Morgan fingerprint density at radius 2 is 1.77 bits per heavy atom. The third kappa shape index (κ3) is 5.11. The fraction of sp³-hybridized carbons (Fsp3) is 0.276. The zero-order valence-corrected chi connectivity index (χ0v) is 20.3. The first kappa shape index (κ1) is 24.2. The lowest BCUT2D eigenvalue weighted by molar-refractivity contribution is -0.140. The number of hydrogen-bond donors (Lipinski definition) is 1. The summed E-state index contributed by atoms with van der Waals surface area (Å²) in [5, 5.41) is 11.3. The number of amides is 1. The number of carbonyl (C=O) groups excluding carboxylic acids is 2. The summed E-state index contributed by atoms with van der Waals surface area (Å²) in [4.78, 5) is 32.1. The summed E-state index contributed by atoms with van der Waals surface area (Å²) < 4.78 is 5.70. The van der Waals surface area contributed by atoms with Gasteiger partial charge in [-0.25, -0.2) is 0 Å². The van der Waals surface area contributed by atoms with Gasteiger partial charge < -0.3 is 14.7 Å². The number of ether oxygens (including phenoxy) is 1. The molecule has 35 heavy (non-hydrogen) atoms. The van der Waals surface area contributed by atoms with Crippen LogP contribution in [0.4, 0.5) is 0 Å². The predicted molar refractivity (Wildman–Crippen MR) is 135 cm³/mol. The van der Waals surface area contributed by atoms with Crippen molar-refractivity contribution in [1.29, 1.82) is 0 Å². The lowest BCUT2D eigenvalue weighted by Gasteiger charge is -2.26. The molecule has 1 N–H and O–H groups in total. The summed E-state index contributed by atoms with van der Waals surface area (Å²) in [6.45, 7) is 7.00. The number of aliphatic hydroxyl groups is 1. The number of likely N-dealkylation sites (tertiary alicyclic amines) is 1. The number of carbonyl (C=O) groups is 2. The van der Waals surface area contributed by atoms with E-state index in [-0.39, 0.29) is 17.9 Å². The average molecular weight is 471 g/mol. The zero-order chi connectivity index (χ0) is 24.9. The molecule has 1 aromatic heterocycles. The highest BCUT2D eigenvalue weighted by Gasteiger charge is 2.46. The second kappa shape index (κ2) is 10.6. The summed E-state index contributed by atoms with van der Waals surface area (Å²) in [7, 11) is 0. The van der Waals surface area contributed by atoms with Crippen LogP contribution in [0.3, 0.4) is 0 Å². The second-order valence-corrected chi connectivity index (χ2v) is 8.98. The maximum Gasteiger partial charge on any atom is 0.295 e. The van der Waals surface area contributed by atoms with Crippen LogP contribution >= 0.6 is 0 Å². The van der Waals surface area contributed by atoms with Crippen molar-refractivity contribution < 1.29 is 19.4 Å². The van der Waals surface area contributed by atoms with Crippen molar-refractivity contribution in [2.45, 2.75) is 45.7 Å². The number of pyridine rings is 1. The maximum atomic E-state index is 13.3. The van der Waals surface area contributed by atoms with E-state index in [2.05, 4.69) is 18.8 Å². The van der Waals surface area contributed by atoms with Crippen LogP contribution in [0.15, 0.2) is 78.6 Å². The summed E-state index contributed by atoms with van der Waals surface area (Å²) >= 11 is 0. The molecule has 1 atom stereocenters. The Hall–Kier alpha value is -3.93. The fourth-order valence-corrected chi connectivity index (χ4v) is 4.25. The highest BCUT2D eigenvalue weighted by atomic mass is 16.5. The molecule has 0 bridgehead atoms. The molecule has 0 saturated carbocycles. The number of nitrogens with zero attached hydrogens (tertiary/aromatic N) is 2. The molecule has 2 aromatic carbocycles. The van der Waals surface area contributed by atoms with Crippen LogP contribution in [0, 0.1) is 0 Å². The Bertz CT molecular complexity index is 1230. The molecule has 0 aliphatic carbocycles. The van der Waals surface area contributed by atoms with Crippen molar-refractivity contribution in [1.82, 2.24) is 9.88 Å². The van der Waals surface area contributed by atoms with Gasteiger partial charge in [-0.3, -0.25) is 14.6 Å². The molecule has 1 fully saturated rings. The van der Waals surface area contributed by atoms with Crippen LogP contribution in [0.5, 0.6) is 5.75 Å². The minimum Gasteiger partial charge on any atom is -0.507 e. The Balaban J connectivity index is 1.82. The molecular formula is C29H30N2O4. The summed E-state index contributed by atoms with van der Waals surface area (Å²) in [5.41, 5.74) is 3.28. The summed E-state index contributed by atoms with van der Waals surface area (Å²) in [5.74, 6) is -0.604. The fourth-order valence-electron chi connectivity index (χ4n) is 4.25. The van der Waals surface area contributed by atoms with E-state index >= 15 is 0 Å². The van der Waals surface area contributed by atoms with Crippen molar-refractivity contribution in [3.05, 3.63) is 101 Å². The molecule has 4 rings (SSSR count). The van der Waals surface area contributed by atoms with Crippen LogP contribution in [-0.4, -0.2) is 33.3 Å². The minimum absolute atomic E-state index is 0.0778. The van der Waals surface area contributed by atoms with Crippen molar-refractivity contribution in [2.24, 2.45) is 0 Å². The van der Waals surface area contributed by atoms with Crippen LogP contribution in [-0.2, 0) is 16.1 Å². The second-order valence-electron chi connectivity index (χ2n) is 8.98. The largest absolute Gasteiger partial charge is 0.507 e. The van der Waals surface area contributed by atoms with E-state index in [0.717, 1.165) is 23.1 Å². The maximum absolute atomic E-state index is 13.3. The topological polar surface area (TPSA) is 79.7 Å². The summed E-state index contributed by atoms with van der Waals surface area (Å²) in [6, 6.07) is 17.8. The van der Waals surface area contributed by atoms with E-state index in [9.17, 15) is 14.7 Å². The van der Waals surface area contributed by atoms with E-state index in [1.165, 1.54) is 4.90 Å². The highest BCUT2D eigenvalue weighted by Crippen LogP contribution is 2.40. The lowest BCUT2D eigenvalue weighted by Crippen LogP contribution is -2.29. The van der Waals surface area contributed by atoms with Crippen molar-refractivity contribution in [3.63, 3.8) is 0 Å². The van der Waals surface area contributed by atoms with Gasteiger partial charge in [-0.05, 0) is 53.3 Å². The molecule has 0 spiro atoms. The molecule has 2 heterocycles. The first-order chi connectivity index (χ1) is 16.9. The molecule has 0 radical (unpaired) electrons. The van der Waals surface area contributed by atoms with Gasteiger partial charge in [-0.1, -0.05) is 57.2 Å². The standard InChI is InChI=1S/C29H30N2O4/c1-4-16-35-24-7-5-6-23(17-24)27(32)25-26(22-10-8-21(9-11-22)19(2)3)31(29(34)28(25)33)18-20-12-14-30-15-13-20/h5-15,17,19,26,32H,4,16,18H2,1-3H3. The number of ketones is 1. The number of rotatable bonds is 8. The third-order valence-corrected chi connectivity index (χ3v) is 6.14. The summed E-state index contributed by atoms with van der Waals surface area (Å²) in [6.07, 6.45) is 4.16. The molecule has 180 valence electrons. The lowest BCUT2D eigenvalue weighted by atomic mass is 9.93. The van der Waals surface area contributed by atoms with Gasteiger partial charge in [0.2, 0.25) is 0 Å². The first-order valence-electron chi connectivity index (χ1n) is 11.9. The van der Waals surface area contributed by atoms with Gasteiger partial charge in [0.1, 0.15) is 11.5 Å². The molecular weight excluding hydrogens is 440 g/mol. The highest BCUT2D eigenvalue weighted by molar-refractivity contribution is 6.46. The monoisotopic (exact) mass is 470 g/mol. The molecule has 1 aliphatic heterocycles. The smallest absolute Gasteiger partial charge is 0.295 e. The van der Waals surface area contributed by atoms with E-state index < -0.39 is 17.7 Å². The van der Waals surface area contributed by atoms with E-state index in [1.807, 2.05) is 43.3 Å². The Labute approximate surface area is 205 Å². The van der Waals surface area contributed by atoms with Gasteiger partial charge >= 0.3 is 0 Å². The van der Waals surface area contributed by atoms with E-state index in [1.54, 1.807) is 36.7 Å². The van der Waals surface area contributed by atoms with Gasteiger partial charge in [0.15, 0.2) is 0 Å². The van der Waals surface area contributed by atoms with E-state index in [4.69, 9.17) is 4.74 Å². The molecule has 6 nitrogen and oxygen atoms in total. The Morgan fingerprint density at radius 1 is 1.06 bits per heavy atom. The van der Waals surface area contributed by atoms with Crippen LogP contribution < -0.4 is 4.74 Å². The van der Waals surface area contributed by atoms with Crippen molar-refractivity contribution >= 4 is 17.4 Å². The van der Waals surface area contributed by atoms with Gasteiger partial charge in [-0.15, -0.1) is 0 Å². The molecule has 1 amide bonds. The molecule has 1 unspecified atom stereocenters. The molecule has 1 aliphatic rings.